The summed E-state index contributed by atoms with van der Waals surface area (Å²) in [6.45, 7) is 3.90. The van der Waals surface area contributed by atoms with Crippen LogP contribution in [0.1, 0.15) is 22.7 Å². The molecular formula is C13H21NO4S2. The molecule has 0 spiro atoms. The van der Waals surface area contributed by atoms with Gasteiger partial charge in [0.05, 0.1) is 17.3 Å². The fourth-order valence-electron chi connectivity index (χ4n) is 1.73. The summed E-state index contributed by atoms with van der Waals surface area (Å²) in [5, 5.41) is 0. The Balaban J connectivity index is 2.78. The highest BCUT2D eigenvalue weighted by atomic mass is 32.2. The molecule has 0 bridgehead atoms. The van der Waals surface area contributed by atoms with Crippen molar-refractivity contribution in [2.75, 3.05) is 23.5 Å². The average Bonchev–Trinajstić information content (AvgIpc) is 2.29. The molecule has 1 rings (SSSR count). The van der Waals surface area contributed by atoms with Gasteiger partial charge >= 0.3 is 0 Å². The van der Waals surface area contributed by atoms with Gasteiger partial charge in [-0.15, -0.1) is 0 Å². The van der Waals surface area contributed by atoms with E-state index in [4.69, 9.17) is 5.73 Å². The first kappa shape index (κ1) is 17.1. The molecule has 0 heterocycles. The second-order valence-electron chi connectivity index (χ2n) is 5.19. The second-order valence-corrected chi connectivity index (χ2v) is 9.68. The minimum absolute atomic E-state index is 0.245. The van der Waals surface area contributed by atoms with E-state index in [0.29, 0.717) is 0 Å². The average molecular weight is 319 g/mol. The lowest BCUT2D eigenvalue weighted by Crippen LogP contribution is -2.26. The van der Waals surface area contributed by atoms with E-state index in [0.717, 1.165) is 22.9 Å². The lowest BCUT2D eigenvalue weighted by atomic mass is 10.0. The van der Waals surface area contributed by atoms with Gasteiger partial charge in [0, 0.05) is 12.3 Å². The van der Waals surface area contributed by atoms with Crippen molar-refractivity contribution >= 4 is 19.7 Å². The molecule has 5 nitrogen and oxygen atoms in total. The van der Waals surface area contributed by atoms with Crippen LogP contribution < -0.4 is 5.73 Å². The Kier molecular flexibility index (Phi) is 5.34. The summed E-state index contributed by atoms with van der Waals surface area (Å²) in [5.74, 6) is -0.996. The number of sulfone groups is 2. The van der Waals surface area contributed by atoms with Gasteiger partial charge in [-0.3, -0.25) is 0 Å². The zero-order valence-electron chi connectivity index (χ0n) is 12.0. The molecule has 1 aromatic rings. The number of rotatable bonds is 6. The fraction of sp³-hybridized carbons (Fsp3) is 0.538. The largest absolute Gasteiger partial charge is 0.323 e. The molecule has 20 heavy (non-hydrogen) atoms. The molecule has 0 saturated heterocycles. The normalized spacial score (nSPS) is 14.2. The zero-order valence-corrected chi connectivity index (χ0v) is 13.6. The molecule has 2 N–H and O–H groups in total. The van der Waals surface area contributed by atoms with Crippen molar-refractivity contribution in [3.63, 3.8) is 0 Å². The Labute approximate surface area is 121 Å². The summed E-state index contributed by atoms with van der Waals surface area (Å²) < 4.78 is 45.8. The molecule has 0 fully saturated rings. The molecule has 1 unspecified atom stereocenters. The van der Waals surface area contributed by atoms with Gasteiger partial charge in [0.2, 0.25) is 0 Å². The molecule has 0 saturated carbocycles. The van der Waals surface area contributed by atoms with Crippen molar-refractivity contribution in [3.05, 3.63) is 34.9 Å². The van der Waals surface area contributed by atoms with Gasteiger partial charge in [-0.05, 0) is 30.5 Å². The van der Waals surface area contributed by atoms with Gasteiger partial charge in [-0.25, -0.2) is 16.8 Å². The minimum Gasteiger partial charge on any atom is -0.323 e. The van der Waals surface area contributed by atoms with Crippen LogP contribution in [0.5, 0.6) is 0 Å². The highest BCUT2D eigenvalue weighted by Gasteiger charge is 2.20. The van der Waals surface area contributed by atoms with Crippen LogP contribution in [0.2, 0.25) is 0 Å². The molecule has 0 aliphatic carbocycles. The Morgan fingerprint density at radius 3 is 2.15 bits per heavy atom. The SMILES string of the molecule is Cc1ccc(C(N)CS(=O)(=O)CCS(C)(=O)=O)cc1C. The number of aryl methyl sites for hydroxylation is 2. The molecule has 0 radical (unpaired) electrons. The lowest BCUT2D eigenvalue weighted by molar-refractivity contribution is 0.585. The van der Waals surface area contributed by atoms with Gasteiger partial charge in [0.1, 0.15) is 9.84 Å². The van der Waals surface area contributed by atoms with Crippen LogP contribution in [0.15, 0.2) is 18.2 Å². The Hall–Kier alpha value is -0.920. The van der Waals surface area contributed by atoms with E-state index in [9.17, 15) is 16.8 Å². The van der Waals surface area contributed by atoms with Gasteiger partial charge in [-0.1, -0.05) is 18.2 Å². The number of nitrogens with two attached hydrogens (primary N) is 1. The van der Waals surface area contributed by atoms with Crippen molar-refractivity contribution in [1.29, 1.82) is 0 Å². The van der Waals surface area contributed by atoms with E-state index in [2.05, 4.69) is 0 Å². The van der Waals surface area contributed by atoms with Crippen molar-refractivity contribution in [1.82, 2.24) is 0 Å². The smallest absolute Gasteiger partial charge is 0.153 e. The summed E-state index contributed by atoms with van der Waals surface area (Å²) >= 11 is 0. The molecule has 7 heteroatoms. The fourth-order valence-corrected chi connectivity index (χ4v) is 4.86. The minimum atomic E-state index is -3.49. The molecule has 0 amide bonds. The van der Waals surface area contributed by atoms with Crippen molar-refractivity contribution in [2.24, 2.45) is 5.73 Å². The molecule has 0 aliphatic rings. The van der Waals surface area contributed by atoms with E-state index >= 15 is 0 Å². The highest BCUT2D eigenvalue weighted by molar-refractivity contribution is 7.94. The molecule has 1 atom stereocenters. The second kappa shape index (κ2) is 6.24. The first-order chi connectivity index (χ1) is 9.00. The van der Waals surface area contributed by atoms with E-state index in [1.165, 1.54) is 0 Å². The van der Waals surface area contributed by atoms with Crippen LogP contribution in [0.25, 0.3) is 0 Å². The summed E-state index contributed by atoms with van der Waals surface area (Å²) in [5.41, 5.74) is 8.82. The quantitative estimate of drug-likeness (QED) is 0.835. The van der Waals surface area contributed by atoms with Crippen LogP contribution in [-0.2, 0) is 19.7 Å². The van der Waals surface area contributed by atoms with E-state index in [-0.39, 0.29) is 17.3 Å². The van der Waals surface area contributed by atoms with Crippen LogP contribution in [0.3, 0.4) is 0 Å². The Bertz CT molecular complexity index is 678. The van der Waals surface area contributed by atoms with E-state index in [1.807, 2.05) is 26.0 Å². The molecule has 114 valence electrons. The Morgan fingerprint density at radius 1 is 1.05 bits per heavy atom. The van der Waals surface area contributed by atoms with Gasteiger partial charge in [-0.2, -0.15) is 0 Å². The van der Waals surface area contributed by atoms with Crippen molar-refractivity contribution in [2.45, 2.75) is 19.9 Å². The predicted molar refractivity (Wildman–Crippen MR) is 81.2 cm³/mol. The molecule has 0 aliphatic heterocycles. The summed E-state index contributed by atoms with van der Waals surface area (Å²) in [4.78, 5) is 0. The standard InChI is InChI=1S/C13H21NO4S2/c1-10-4-5-12(8-11(10)2)13(14)9-20(17,18)7-6-19(3,15)16/h4-5,8,13H,6-7,9,14H2,1-3H3. The molecule has 1 aromatic carbocycles. The van der Waals surface area contributed by atoms with Crippen LogP contribution in [-0.4, -0.2) is 40.3 Å². The third-order valence-electron chi connectivity index (χ3n) is 3.16. The number of hydrogen-bond donors (Lipinski definition) is 1. The molecule has 0 aromatic heterocycles. The van der Waals surface area contributed by atoms with Gasteiger partial charge < -0.3 is 5.73 Å². The van der Waals surface area contributed by atoms with Crippen molar-refractivity contribution in [3.8, 4) is 0 Å². The van der Waals surface area contributed by atoms with E-state index < -0.39 is 25.7 Å². The first-order valence-corrected chi connectivity index (χ1v) is 10.1. The van der Waals surface area contributed by atoms with Gasteiger partial charge in [0.25, 0.3) is 0 Å². The summed E-state index contributed by atoms with van der Waals surface area (Å²) in [7, 11) is -6.78. The maximum absolute atomic E-state index is 11.9. The first-order valence-electron chi connectivity index (χ1n) is 6.21. The lowest BCUT2D eigenvalue weighted by Gasteiger charge is -2.14. The third kappa shape index (κ3) is 5.60. The molecular weight excluding hydrogens is 298 g/mol. The summed E-state index contributed by atoms with van der Waals surface area (Å²) in [6, 6.07) is 4.93. The van der Waals surface area contributed by atoms with Crippen molar-refractivity contribution < 1.29 is 16.8 Å². The third-order valence-corrected chi connectivity index (χ3v) is 6.05. The maximum atomic E-state index is 11.9. The maximum Gasteiger partial charge on any atom is 0.153 e. The Morgan fingerprint density at radius 2 is 1.65 bits per heavy atom. The highest BCUT2D eigenvalue weighted by Crippen LogP contribution is 2.17. The van der Waals surface area contributed by atoms with Crippen LogP contribution >= 0.6 is 0 Å². The summed E-state index contributed by atoms with van der Waals surface area (Å²) in [6.07, 6.45) is 1.02. The zero-order chi connectivity index (χ0) is 15.6. The number of benzene rings is 1. The van der Waals surface area contributed by atoms with Gasteiger partial charge in [0.15, 0.2) is 9.84 Å². The predicted octanol–water partition coefficient (Wildman–Crippen LogP) is 0.763. The van der Waals surface area contributed by atoms with Crippen LogP contribution in [0.4, 0.5) is 0 Å². The van der Waals surface area contributed by atoms with Crippen LogP contribution in [0, 0.1) is 13.8 Å². The van der Waals surface area contributed by atoms with E-state index in [1.54, 1.807) is 6.07 Å². The number of hydrogen-bond acceptors (Lipinski definition) is 5. The monoisotopic (exact) mass is 319 g/mol. The topological polar surface area (TPSA) is 94.3 Å².